The van der Waals surface area contributed by atoms with E-state index in [9.17, 15) is 10.2 Å². The van der Waals surface area contributed by atoms with E-state index in [0.717, 1.165) is 33.3 Å². The van der Waals surface area contributed by atoms with Crippen LogP contribution in [0, 0.1) is 0 Å². The second-order valence-corrected chi connectivity index (χ2v) is 49.7. The first-order valence-electron chi connectivity index (χ1n) is 15.4. The van der Waals surface area contributed by atoms with Crippen LogP contribution in [0.2, 0.25) is 0 Å². The van der Waals surface area contributed by atoms with Crippen LogP contribution in [0.15, 0.2) is 54.9 Å². The van der Waals surface area contributed by atoms with Gasteiger partial charge in [-0.1, -0.05) is 107 Å². The van der Waals surface area contributed by atoms with Crippen molar-refractivity contribution in [3.05, 3.63) is 88.2 Å². The number of para-hydroxylation sites is 2. The molecule has 46 heavy (non-hydrogen) atoms. The van der Waals surface area contributed by atoms with E-state index in [1.807, 2.05) is 0 Å². The molecule has 4 nitrogen and oxygen atoms in total. The van der Waals surface area contributed by atoms with Crippen LogP contribution in [-0.4, -0.2) is 14.8 Å². The molecule has 0 saturated carbocycles. The number of aromatic hydroxyl groups is 2. The van der Waals surface area contributed by atoms with Gasteiger partial charge in [0, 0.05) is 11.1 Å². The van der Waals surface area contributed by atoms with Crippen LogP contribution in [0.4, 0.5) is 0 Å². The maximum atomic E-state index is 11.5. The van der Waals surface area contributed by atoms with Gasteiger partial charge in [0.15, 0.2) is 11.0 Å². The van der Waals surface area contributed by atoms with Crippen molar-refractivity contribution < 1.29 is 20.4 Å². The van der Waals surface area contributed by atoms with Crippen LogP contribution in [0.1, 0.15) is 116 Å². The van der Waals surface area contributed by atoms with Gasteiger partial charge < -0.3 is 10.2 Å². The average molecular weight is 931 g/mol. The van der Waals surface area contributed by atoms with Gasteiger partial charge in [-0.15, -0.1) is 0 Å². The Morgan fingerprint density at radius 1 is 0.630 bits per heavy atom. The van der Waals surface area contributed by atoms with Crippen molar-refractivity contribution >= 4 is 67.5 Å². The summed E-state index contributed by atoms with van der Waals surface area (Å²) in [6.07, 6.45) is 2.13. The monoisotopic (exact) mass is 927 g/mol. The van der Waals surface area contributed by atoms with Crippen LogP contribution < -0.4 is 4.57 Å². The van der Waals surface area contributed by atoms with Crippen LogP contribution in [0.5, 0.6) is 11.5 Å². The zero-order chi connectivity index (χ0) is 35.2. The fourth-order valence-corrected chi connectivity index (χ4v) is 5.50. The summed E-state index contributed by atoms with van der Waals surface area (Å²) in [5.41, 5.74) is 6.72. The van der Waals surface area contributed by atoms with Gasteiger partial charge in [-0.25, -0.2) is 9.13 Å². The fourth-order valence-electron chi connectivity index (χ4n) is 5.50. The Hall–Kier alpha value is -0.831. The SMILES string of the molecule is CC(C)(C)c1cc(Cn2c[n+](Cc3cc(C(C)(C)C)cc(C(C)(C)C)c3O)c3ccccc32)c(O)c(C(C)(C)C)c1.[Br][Fe-]([Br])([Br])[Br]. The summed E-state index contributed by atoms with van der Waals surface area (Å²) in [5.74, 6) is 0.750. The molecule has 0 radical (unpaired) electrons. The van der Waals surface area contributed by atoms with E-state index < -0.39 is 5.61 Å². The van der Waals surface area contributed by atoms with E-state index in [4.69, 9.17) is 0 Å². The van der Waals surface area contributed by atoms with Crippen molar-refractivity contribution in [2.75, 3.05) is 0 Å². The molecule has 9 heteroatoms. The molecule has 4 aromatic rings. The van der Waals surface area contributed by atoms with Crippen LogP contribution in [-0.2, 0) is 40.4 Å². The number of phenols is 2. The number of fused-ring (bicyclic) bond motifs is 1. The fraction of sp³-hybridized carbons (Fsp3) is 0.486. The molecule has 1 aromatic heterocycles. The number of benzene rings is 3. The number of hydrogen-bond acceptors (Lipinski definition) is 2. The van der Waals surface area contributed by atoms with E-state index in [0.29, 0.717) is 24.6 Å². The Kier molecular flexibility index (Phi) is 12.2. The zero-order valence-electron chi connectivity index (χ0n) is 29.3. The first kappa shape index (κ1) is 39.6. The van der Waals surface area contributed by atoms with E-state index in [-0.39, 0.29) is 21.7 Å². The molecule has 4 rings (SSSR count). The molecule has 0 aliphatic carbocycles. The number of rotatable bonds is 4. The van der Waals surface area contributed by atoms with Crippen LogP contribution >= 0.6 is 56.4 Å². The van der Waals surface area contributed by atoms with Gasteiger partial charge in [0.2, 0.25) is 6.33 Å². The summed E-state index contributed by atoms with van der Waals surface area (Å²) < 4.78 is 4.44. The summed E-state index contributed by atoms with van der Waals surface area (Å²) in [6, 6.07) is 17.1. The van der Waals surface area contributed by atoms with Gasteiger partial charge in [0.25, 0.3) is 0 Å². The predicted molar refractivity (Wildman–Crippen MR) is 207 cm³/mol. The molecule has 2 N–H and O–H groups in total. The minimum absolute atomic E-state index is 0.0402. The molecule has 3 aromatic carbocycles. The molecule has 0 spiro atoms. The van der Waals surface area contributed by atoms with Gasteiger partial charge in [-0.05, 0) is 68.2 Å². The second-order valence-electron chi connectivity index (χ2n) is 16.2. The summed E-state index contributed by atoms with van der Waals surface area (Å²) in [7, 11) is 0. The number of nitrogens with zero attached hydrogens (tertiary/aromatic N) is 2. The van der Waals surface area contributed by atoms with Gasteiger partial charge in [0.05, 0.1) is 0 Å². The third-order valence-electron chi connectivity index (χ3n) is 8.19. The molecular weight excluding hydrogens is 880 g/mol. The molecule has 257 valence electrons. The number of phenolic OH excluding ortho intramolecular Hbond substituents is 2. The molecule has 0 atom stereocenters. The Morgan fingerprint density at radius 3 is 1.48 bits per heavy atom. The molecule has 1 heterocycles. The third kappa shape index (κ3) is 10.3. The average Bonchev–Trinajstić information content (AvgIpc) is 3.19. The Morgan fingerprint density at radius 2 is 1.04 bits per heavy atom. The van der Waals surface area contributed by atoms with E-state index in [2.05, 4.69) is 204 Å². The van der Waals surface area contributed by atoms with Crippen molar-refractivity contribution in [1.29, 1.82) is 0 Å². The van der Waals surface area contributed by atoms with Gasteiger partial charge >= 0.3 is 62.1 Å². The molecular formula is C37H51Br4FeN2O2. The van der Waals surface area contributed by atoms with Gasteiger partial charge in [-0.3, -0.25) is 0 Å². The van der Waals surface area contributed by atoms with Gasteiger partial charge in [0.1, 0.15) is 24.6 Å². The van der Waals surface area contributed by atoms with E-state index in [1.54, 1.807) is 0 Å². The topological polar surface area (TPSA) is 49.3 Å². The molecule has 0 unspecified atom stereocenters. The molecule has 0 aliphatic rings. The van der Waals surface area contributed by atoms with Crippen LogP contribution in [0.3, 0.4) is 0 Å². The summed E-state index contributed by atoms with van der Waals surface area (Å²) in [6.45, 7) is 27.3. The number of imidazole rings is 1. The van der Waals surface area contributed by atoms with Crippen molar-refractivity contribution in [2.24, 2.45) is 0 Å². The summed E-state index contributed by atoms with van der Waals surface area (Å²) in [4.78, 5) is 0. The van der Waals surface area contributed by atoms with Crippen molar-refractivity contribution in [3.8, 4) is 11.5 Å². The first-order valence-corrected chi connectivity index (χ1v) is 26.3. The third-order valence-corrected chi connectivity index (χ3v) is 8.19. The van der Waals surface area contributed by atoms with E-state index >= 15 is 0 Å². The zero-order valence-corrected chi connectivity index (χ0v) is 36.7. The number of aromatic nitrogens is 2. The Balaban J connectivity index is 0.00000107. The Labute approximate surface area is 307 Å². The normalized spacial score (nSPS) is 13.5. The van der Waals surface area contributed by atoms with Crippen molar-refractivity contribution in [3.63, 3.8) is 0 Å². The maximum absolute atomic E-state index is 11.5. The van der Waals surface area contributed by atoms with E-state index in [1.165, 1.54) is 11.1 Å². The van der Waals surface area contributed by atoms with Crippen molar-refractivity contribution in [1.82, 2.24) is 4.57 Å². The molecule has 0 saturated heterocycles. The molecule has 0 amide bonds. The van der Waals surface area contributed by atoms with Crippen molar-refractivity contribution in [2.45, 2.75) is 118 Å². The summed E-state index contributed by atoms with van der Waals surface area (Å²) in [5, 5.41) is 23.0. The number of halogens is 4. The minimum atomic E-state index is -1.25. The van der Waals surface area contributed by atoms with Gasteiger partial charge in [-0.2, -0.15) is 0 Å². The molecule has 0 fully saturated rings. The standard InChI is InChI=1S/C37H50N2O2.4BrH.Fe/c1-34(2,3)26-17-24(32(40)28(19-26)36(7,8)9)21-38-23-39(31-16-14-13-15-30(31)38)22-25-18-27(35(4,5)6)20-29(33(25)41)37(10,11)12;;;;;/h13-20,23H,21-22H2,1-12H3,(H-,40,41);4*1H;/q;;;;;+3/p-3. The summed E-state index contributed by atoms with van der Waals surface area (Å²) >= 11 is 13.0. The quantitative estimate of drug-likeness (QED) is 0.158. The predicted octanol–water partition coefficient (Wildman–Crippen LogP) is 12.0. The second kappa shape index (κ2) is 14.2. The molecule has 0 bridgehead atoms. The van der Waals surface area contributed by atoms with Crippen LogP contribution in [0.25, 0.3) is 11.0 Å². The molecule has 0 aliphatic heterocycles. The first-order chi connectivity index (χ1) is 20.7. The number of hydrogen-bond donors (Lipinski definition) is 2. The Bertz CT molecular complexity index is 1570.